The van der Waals surface area contributed by atoms with E-state index in [0.29, 0.717) is 40.9 Å². The van der Waals surface area contributed by atoms with E-state index in [1.807, 2.05) is 34.6 Å². The van der Waals surface area contributed by atoms with Crippen molar-refractivity contribution in [3.8, 4) is 5.75 Å². The average Bonchev–Trinajstić information content (AvgIpc) is 2.68. The van der Waals surface area contributed by atoms with Crippen LogP contribution >= 0.6 is 12.2 Å². The van der Waals surface area contributed by atoms with Gasteiger partial charge in [-0.05, 0) is 45.2 Å². The molecule has 1 aromatic heterocycles. The molecule has 0 aliphatic heterocycles. The maximum Gasteiger partial charge on any atom is 0.408 e. The molecular formula is C24H35N3O4S. The van der Waals surface area contributed by atoms with Crippen molar-refractivity contribution in [2.45, 2.75) is 73.0 Å². The molecule has 8 heteroatoms. The van der Waals surface area contributed by atoms with E-state index in [0.717, 1.165) is 12.8 Å². The maximum atomic E-state index is 13.5. The zero-order valence-corrected chi connectivity index (χ0v) is 20.7. The first kappa shape index (κ1) is 25.6. The number of rotatable bonds is 9. The van der Waals surface area contributed by atoms with Crippen molar-refractivity contribution in [1.82, 2.24) is 9.47 Å². The molecule has 0 unspecified atom stereocenters. The van der Waals surface area contributed by atoms with Crippen LogP contribution in [0.4, 0.5) is 4.79 Å². The smallest absolute Gasteiger partial charge is 0.408 e. The molecule has 0 fully saturated rings. The fourth-order valence-corrected chi connectivity index (χ4v) is 3.68. The Hall–Kier alpha value is -2.61. The molecule has 0 aliphatic carbocycles. The first-order chi connectivity index (χ1) is 14.9. The van der Waals surface area contributed by atoms with E-state index in [1.54, 1.807) is 22.8 Å². The van der Waals surface area contributed by atoms with Gasteiger partial charge in [-0.2, -0.15) is 0 Å². The summed E-state index contributed by atoms with van der Waals surface area (Å²) in [6.45, 7) is 12.5. The molecule has 1 aromatic carbocycles. The monoisotopic (exact) mass is 461 g/mol. The van der Waals surface area contributed by atoms with E-state index >= 15 is 0 Å². The Morgan fingerprint density at radius 3 is 2.44 bits per heavy atom. The number of amides is 1. The summed E-state index contributed by atoms with van der Waals surface area (Å²) in [6.07, 6.45) is 0.721. The van der Waals surface area contributed by atoms with Crippen LogP contribution in [0.25, 0.3) is 10.8 Å². The van der Waals surface area contributed by atoms with Gasteiger partial charge in [-0.1, -0.05) is 45.5 Å². The van der Waals surface area contributed by atoms with Gasteiger partial charge in [0.1, 0.15) is 10.7 Å². The Bertz CT molecular complexity index is 1050. The number of pyridine rings is 1. The first-order valence-electron chi connectivity index (χ1n) is 11.0. The number of hydrogen-bond acceptors (Lipinski definition) is 4. The topological polar surface area (TPSA) is 97.8 Å². The summed E-state index contributed by atoms with van der Waals surface area (Å²) in [5.74, 6) is 0.693. The molecule has 0 bridgehead atoms. The fourth-order valence-electron chi connectivity index (χ4n) is 3.55. The molecule has 3 N–H and O–H groups in total. The highest BCUT2D eigenvalue weighted by molar-refractivity contribution is 7.80. The summed E-state index contributed by atoms with van der Waals surface area (Å²) in [4.78, 5) is 27.2. The van der Waals surface area contributed by atoms with Gasteiger partial charge in [0.2, 0.25) is 0 Å². The quantitative estimate of drug-likeness (QED) is 0.413. The zero-order chi connectivity index (χ0) is 24.2. The van der Waals surface area contributed by atoms with Crippen LogP contribution in [0.2, 0.25) is 0 Å². The highest BCUT2D eigenvalue weighted by Gasteiger charge is 2.30. The van der Waals surface area contributed by atoms with E-state index < -0.39 is 11.6 Å². The van der Waals surface area contributed by atoms with Gasteiger partial charge in [-0.15, -0.1) is 0 Å². The number of aromatic nitrogens is 1. The molecule has 32 heavy (non-hydrogen) atoms. The van der Waals surface area contributed by atoms with Crippen molar-refractivity contribution < 1.29 is 14.6 Å². The van der Waals surface area contributed by atoms with Crippen LogP contribution in [-0.4, -0.2) is 37.8 Å². The standard InChI is InChI=1S/C24H35N3O4S/c1-7-8-11-31-20-18-12-16(21(25)32)9-10-17(18)22(28)26(13-15(2)3)19(20)14-27(23(29)30)24(4,5)6/h9-10,12,15H,7-8,11,13-14H2,1-6H3,(H2,25,32)(H,29,30). The van der Waals surface area contributed by atoms with Crippen molar-refractivity contribution >= 4 is 34.1 Å². The van der Waals surface area contributed by atoms with Crippen molar-refractivity contribution in [2.24, 2.45) is 11.7 Å². The molecule has 7 nitrogen and oxygen atoms in total. The second-order valence-electron chi connectivity index (χ2n) is 9.45. The fraction of sp³-hybridized carbons (Fsp3) is 0.542. The Labute approximate surface area is 195 Å². The minimum atomic E-state index is -1.06. The number of hydrogen-bond donors (Lipinski definition) is 2. The number of benzene rings is 1. The number of fused-ring (bicyclic) bond motifs is 1. The molecular weight excluding hydrogens is 426 g/mol. The summed E-state index contributed by atoms with van der Waals surface area (Å²) < 4.78 is 7.90. The predicted octanol–water partition coefficient (Wildman–Crippen LogP) is 4.75. The number of nitrogens with zero attached hydrogens (tertiary/aromatic N) is 2. The van der Waals surface area contributed by atoms with Crippen LogP contribution in [0.15, 0.2) is 23.0 Å². The van der Waals surface area contributed by atoms with Gasteiger partial charge in [0.25, 0.3) is 5.56 Å². The number of unbranched alkanes of at least 4 members (excludes halogenated alkanes) is 1. The molecule has 0 saturated heterocycles. The Kier molecular flexibility index (Phi) is 8.29. The summed E-state index contributed by atoms with van der Waals surface area (Å²) in [7, 11) is 0. The molecule has 0 radical (unpaired) electrons. The van der Waals surface area contributed by atoms with Crippen molar-refractivity contribution in [3.05, 3.63) is 39.8 Å². The van der Waals surface area contributed by atoms with Crippen molar-refractivity contribution in [1.29, 1.82) is 0 Å². The third kappa shape index (κ3) is 5.79. The number of nitrogens with two attached hydrogens (primary N) is 1. The molecule has 2 aromatic rings. The van der Waals surface area contributed by atoms with Crippen LogP contribution in [0.3, 0.4) is 0 Å². The number of carbonyl (C=O) groups is 1. The van der Waals surface area contributed by atoms with Gasteiger partial charge in [0.15, 0.2) is 0 Å². The third-order valence-electron chi connectivity index (χ3n) is 5.25. The van der Waals surface area contributed by atoms with Gasteiger partial charge in [-0.3, -0.25) is 9.69 Å². The highest BCUT2D eigenvalue weighted by Crippen LogP contribution is 2.32. The van der Waals surface area contributed by atoms with Crippen LogP contribution < -0.4 is 16.0 Å². The molecule has 0 saturated carbocycles. The summed E-state index contributed by atoms with van der Waals surface area (Å²) in [6, 6.07) is 5.23. The number of thiocarbonyl (C=S) groups is 1. The van der Waals surface area contributed by atoms with E-state index in [9.17, 15) is 14.7 Å². The normalized spacial score (nSPS) is 11.7. The van der Waals surface area contributed by atoms with Gasteiger partial charge in [-0.25, -0.2) is 4.79 Å². The third-order valence-corrected chi connectivity index (χ3v) is 5.49. The lowest BCUT2D eigenvalue weighted by Gasteiger charge is -2.34. The lowest BCUT2D eigenvalue weighted by Crippen LogP contribution is -2.45. The number of carboxylic acid groups (broad SMARTS) is 1. The second kappa shape index (κ2) is 10.3. The lowest BCUT2D eigenvalue weighted by molar-refractivity contribution is 0.0927. The first-order valence-corrected chi connectivity index (χ1v) is 11.4. The lowest BCUT2D eigenvalue weighted by atomic mass is 10.0. The van der Waals surface area contributed by atoms with Crippen LogP contribution in [0, 0.1) is 5.92 Å². The SMILES string of the molecule is CCCCOc1c(CN(C(=O)O)C(C)(C)C)n(CC(C)C)c(=O)c2ccc(C(N)=S)cc12. The highest BCUT2D eigenvalue weighted by atomic mass is 32.1. The predicted molar refractivity (Wildman–Crippen MR) is 133 cm³/mol. The molecule has 1 heterocycles. The molecule has 1 amide bonds. The average molecular weight is 462 g/mol. The molecule has 0 atom stereocenters. The summed E-state index contributed by atoms with van der Waals surface area (Å²) in [5, 5.41) is 11.0. The molecule has 176 valence electrons. The van der Waals surface area contributed by atoms with Crippen LogP contribution in [-0.2, 0) is 13.1 Å². The van der Waals surface area contributed by atoms with Gasteiger partial charge < -0.3 is 20.1 Å². The summed E-state index contributed by atoms with van der Waals surface area (Å²) >= 11 is 5.14. The van der Waals surface area contributed by atoms with E-state index in [4.69, 9.17) is 22.7 Å². The van der Waals surface area contributed by atoms with Crippen molar-refractivity contribution in [3.63, 3.8) is 0 Å². The minimum absolute atomic E-state index is 0.0233. The Morgan fingerprint density at radius 2 is 1.94 bits per heavy atom. The zero-order valence-electron chi connectivity index (χ0n) is 19.9. The largest absolute Gasteiger partial charge is 0.491 e. The van der Waals surface area contributed by atoms with Gasteiger partial charge >= 0.3 is 6.09 Å². The maximum absolute atomic E-state index is 13.5. The van der Waals surface area contributed by atoms with E-state index in [2.05, 4.69) is 6.92 Å². The van der Waals surface area contributed by atoms with Gasteiger partial charge in [0.05, 0.1) is 24.2 Å². The minimum Gasteiger partial charge on any atom is -0.491 e. The van der Waals surface area contributed by atoms with E-state index in [-0.39, 0.29) is 23.0 Å². The van der Waals surface area contributed by atoms with Gasteiger partial charge in [0, 0.05) is 23.0 Å². The Morgan fingerprint density at radius 1 is 1.28 bits per heavy atom. The van der Waals surface area contributed by atoms with Crippen LogP contribution in [0.5, 0.6) is 5.75 Å². The second-order valence-corrected chi connectivity index (χ2v) is 9.89. The molecule has 0 spiro atoms. The summed E-state index contributed by atoms with van der Waals surface area (Å²) in [5.41, 5.74) is 6.18. The molecule has 0 aliphatic rings. The van der Waals surface area contributed by atoms with Crippen molar-refractivity contribution in [2.75, 3.05) is 6.61 Å². The van der Waals surface area contributed by atoms with E-state index in [1.165, 1.54) is 4.90 Å². The molecule has 2 rings (SSSR count). The Balaban J connectivity index is 2.90. The van der Waals surface area contributed by atoms with Crippen LogP contribution in [0.1, 0.15) is 65.6 Å². The number of ether oxygens (including phenoxy) is 1.